The normalized spacial score (nSPS) is 11.7. The first-order chi connectivity index (χ1) is 13.1. The van der Waals surface area contributed by atoms with E-state index in [0.717, 1.165) is 23.1 Å². The lowest BCUT2D eigenvalue weighted by Gasteiger charge is -2.31. The Morgan fingerprint density at radius 1 is 1.00 bits per heavy atom. The van der Waals surface area contributed by atoms with E-state index >= 15 is 0 Å². The van der Waals surface area contributed by atoms with Crippen LogP contribution in [-0.4, -0.2) is 29.3 Å². The SMILES string of the molecule is CCCNC(=O)[C@H](CC)N(Cc1ccccc1C)C(=O)Cc1ccccc1. The number of carbonyl (C=O) groups is 2. The smallest absolute Gasteiger partial charge is 0.242 e. The number of nitrogens with zero attached hydrogens (tertiary/aromatic N) is 1. The molecule has 144 valence electrons. The van der Waals surface area contributed by atoms with Crippen LogP contribution in [0, 0.1) is 6.92 Å². The van der Waals surface area contributed by atoms with E-state index in [0.29, 0.717) is 25.9 Å². The maximum atomic E-state index is 13.2. The third kappa shape index (κ3) is 5.95. The third-order valence-corrected chi connectivity index (χ3v) is 4.74. The molecule has 0 saturated heterocycles. The van der Waals surface area contributed by atoms with Crippen LogP contribution in [0.15, 0.2) is 54.6 Å². The van der Waals surface area contributed by atoms with Crippen LogP contribution in [0.2, 0.25) is 0 Å². The average Bonchev–Trinajstić information content (AvgIpc) is 2.68. The van der Waals surface area contributed by atoms with Crippen LogP contribution < -0.4 is 5.32 Å². The zero-order valence-electron chi connectivity index (χ0n) is 16.6. The number of hydrogen-bond donors (Lipinski definition) is 1. The van der Waals surface area contributed by atoms with E-state index < -0.39 is 6.04 Å². The first kappa shape index (κ1) is 20.7. The van der Waals surface area contributed by atoms with Gasteiger partial charge in [0.1, 0.15) is 6.04 Å². The first-order valence-corrected chi connectivity index (χ1v) is 9.72. The molecular formula is C23H30N2O2. The Kier molecular flexibility index (Phi) is 8.05. The summed E-state index contributed by atoms with van der Waals surface area (Å²) in [6.07, 6.45) is 1.75. The van der Waals surface area contributed by atoms with Crippen molar-refractivity contribution in [3.05, 3.63) is 71.3 Å². The van der Waals surface area contributed by atoms with E-state index in [2.05, 4.69) is 5.32 Å². The van der Waals surface area contributed by atoms with Crippen molar-refractivity contribution in [2.24, 2.45) is 0 Å². The number of hydrogen-bond acceptors (Lipinski definition) is 2. The Bertz CT molecular complexity index is 743. The molecule has 0 fully saturated rings. The summed E-state index contributed by atoms with van der Waals surface area (Å²) >= 11 is 0. The molecule has 2 amide bonds. The summed E-state index contributed by atoms with van der Waals surface area (Å²) in [6, 6.07) is 17.2. The molecule has 0 spiro atoms. The quantitative estimate of drug-likeness (QED) is 0.732. The molecule has 0 aliphatic rings. The van der Waals surface area contributed by atoms with Crippen molar-refractivity contribution in [2.45, 2.75) is 52.6 Å². The van der Waals surface area contributed by atoms with Gasteiger partial charge in [-0.05, 0) is 36.5 Å². The van der Waals surface area contributed by atoms with Gasteiger partial charge in [-0.15, -0.1) is 0 Å². The van der Waals surface area contributed by atoms with Crippen LogP contribution in [0.1, 0.15) is 43.4 Å². The molecule has 2 rings (SSSR count). The largest absolute Gasteiger partial charge is 0.354 e. The molecule has 0 radical (unpaired) electrons. The number of amides is 2. The van der Waals surface area contributed by atoms with Crippen molar-refractivity contribution in [2.75, 3.05) is 6.54 Å². The first-order valence-electron chi connectivity index (χ1n) is 9.72. The number of nitrogens with one attached hydrogen (secondary N) is 1. The van der Waals surface area contributed by atoms with E-state index in [1.54, 1.807) is 4.90 Å². The van der Waals surface area contributed by atoms with Gasteiger partial charge in [0.2, 0.25) is 11.8 Å². The minimum Gasteiger partial charge on any atom is -0.354 e. The van der Waals surface area contributed by atoms with E-state index in [9.17, 15) is 9.59 Å². The van der Waals surface area contributed by atoms with E-state index in [4.69, 9.17) is 0 Å². The van der Waals surface area contributed by atoms with Crippen LogP contribution in [-0.2, 0) is 22.6 Å². The molecule has 0 saturated carbocycles. The zero-order chi connectivity index (χ0) is 19.6. The van der Waals surface area contributed by atoms with Crippen LogP contribution in [0.4, 0.5) is 0 Å². The van der Waals surface area contributed by atoms with Gasteiger partial charge in [0.25, 0.3) is 0 Å². The van der Waals surface area contributed by atoms with Crippen LogP contribution >= 0.6 is 0 Å². The van der Waals surface area contributed by atoms with Crippen molar-refractivity contribution in [1.82, 2.24) is 10.2 Å². The van der Waals surface area contributed by atoms with Crippen molar-refractivity contribution in [3.63, 3.8) is 0 Å². The molecule has 0 aliphatic carbocycles. The van der Waals surface area contributed by atoms with E-state index in [-0.39, 0.29) is 11.8 Å². The van der Waals surface area contributed by atoms with Crippen molar-refractivity contribution in [1.29, 1.82) is 0 Å². The van der Waals surface area contributed by atoms with E-state index in [1.165, 1.54) is 0 Å². The molecule has 2 aromatic carbocycles. The summed E-state index contributed by atoms with van der Waals surface area (Å²) < 4.78 is 0. The number of carbonyl (C=O) groups excluding carboxylic acids is 2. The van der Waals surface area contributed by atoms with Gasteiger partial charge in [0.05, 0.1) is 6.42 Å². The van der Waals surface area contributed by atoms with Gasteiger partial charge in [-0.3, -0.25) is 9.59 Å². The highest BCUT2D eigenvalue weighted by atomic mass is 16.2. The minimum absolute atomic E-state index is 0.0250. The second-order valence-corrected chi connectivity index (χ2v) is 6.83. The van der Waals surface area contributed by atoms with Gasteiger partial charge < -0.3 is 10.2 Å². The molecule has 4 nitrogen and oxygen atoms in total. The van der Waals surface area contributed by atoms with Crippen molar-refractivity contribution < 1.29 is 9.59 Å². The van der Waals surface area contributed by atoms with Crippen LogP contribution in [0.5, 0.6) is 0 Å². The summed E-state index contributed by atoms with van der Waals surface area (Å²) in [5.74, 6) is -0.0997. The number of aryl methyl sites for hydroxylation is 1. The Labute approximate surface area is 162 Å². The average molecular weight is 367 g/mol. The van der Waals surface area contributed by atoms with Gasteiger partial charge in [-0.1, -0.05) is 68.4 Å². The molecule has 0 aromatic heterocycles. The second-order valence-electron chi connectivity index (χ2n) is 6.83. The highest BCUT2D eigenvalue weighted by Crippen LogP contribution is 2.17. The van der Waals surface area contributed by atoms with Crippen LogP contribution in [0.3, 0.4) is 0 Å². The van der Waals surface area contributed by atoms with Gasteiger partial charge in [0.15, 0.2) is 0 Å². The molecule has 1 atom stereocenters. The standard InChI is InChI=1S/C23H30N2O2/c1-4-15-24-23(27)21(5-2)25(17-20-14-10-9-11-18(20)3)22(26)16-19-12-7-6-8-13-19/h6-14,21H,4-5,15-17H2,1-3H3,(H,24,27)/t21-/m0/s1. The molecular weight excluding hydrogens is 336 g/mol. The number of rotatable bonds is 9. The lowest BCUT2D eigenvalue weighted by atomic mass is 10.0. The fourth-order valence-electron chi connectivity index (χ4n) is 3.13. The summed E-state index contributed by atoms with van der Waals surface area (Å²) in [7, 11) is 0. The zero-order valence-corrected chi connectivity index (χ0v) is 16.6. The number of benzene rings is 2. The second kappa shape index (κ2) is 10.5. The molecule has 0 unspecified atom stereocenters. The van der Waals surface area contributed by atoms with Gasteiger partial charge >= 0.3 is 0 Å². The van der Waals surface area contributed by atoms with Gasteiger partial charge in [0, 0.05) is 13.1 Å². The monoisotopic (exact) mass is 366 g/mol. The molecule has 2 aromatic rings. The van der Waals surface area contributed by atoms with Crippen LogP contribution in [0.25, 0.3) is 0 Å². The predicted molar refractivity (Wildman–Crippen MR) is 109 cm³/mol. The highest BCUT2D eigenvalue weighted by molar-refractivity contribution is 5.88. The van der Waals surface area contributed by atoms with Gasteiger partial charge in [-0.2, -0.15) is 0 Å². The lowest BCUT2D eigenvalue weighted by molar-refractivity contribution is -0.140. The fraction of sp³-hybridized carbons (Fsp3) is 0.391. The maximum absolute atomic E-state index is 13.2. The molecule has 27 heavy (non-hydrogen) atoms. The summed E-state index contributed by atoms with van der Waals surface area (Å²) in [5.41, 5.74) is 3.15. The van der Waals surface area contributed by atoms with Gasteiger partial charge in [-0.25, -0.2) is 0 Å². The van der Waals surface area contributed by atoms with E-state index in [1.807, 2.05) is 75.4 Å². The summed E-state index contributed by atoms with van der Waals surface area (Å²) in [6.45, 7) is 7.08. The Balaban J connectivity index is 2.27. The minimum atomic E-state index is -0.465. The lowest BCUT2D eigenvalue weighted by Crippen LogP contribution is -2.49. The molecule has 0 bridgehead atoms. The summed E-state index contributed by atoms with van der Waals surface area (Å²) in [5, 5.41) is 2.95. The predicted octanol–water partition coefficient (Wildman–Crippen LogP) is 3.87. The Morgan fingerprint density at radius 3 is 2.30 bits per heavy atom. The molecule has 0 aliphatic heterocycles. The molecule has 1 N–H and O–H groups in total. The topological polar surface area (TPSA) is 49.4 Å². The summed E-state index contributed by atoms with van der Waals surface area (Å²) in [4.78, 5) is 27.6. The van der Waals surface area contributed by atoms with Crippen molar-refractivity contribution in [3.8, 4) is 0 Å². The Hall–Kier alpha value is -2.62. The molecule has 4 heteroatoms. The highest BCUT2D eigenvalue weighted by Gasteiger charge is 2.28. The fourth-order valence-corrected chi connectivity index (χ4v) is 3.13. The maximum Gasteiger partial charge on any atom is 0.242 e. The Morgan fingerprint density at radius 2 is 1.67 bits per heavy atom. The third-order valence-electron chi connectivity index (χ3n) is 4.74. The molecule has 0 heterocycles. The van der Waals surface area contributed by atoms with Crippen molar-refractivity contribution >= 4 is 11.8 Å².